The zero-order valence-corrected chi connectivity index (χ0v) is 49.8. The molecule has 0 radical (unpaired) electrons. The molecule has 2 fully saturated rings. The van der Waals surface area contributed by atoms with E-state index in [0.717, 1.165) is 10.5 Å². The summed E-state index contributed by atoms with van der Waals surface area (Å²) in [6.45, 7) is 20.6. The van der Waals surface area contributed by atoms with Crippen LogP contribution in [0.5, 0.6) is 0 Å². The molecule has 2 heterocycles. The van der Waals surface area contributed by atoms with Gasteiger partial charge >= 0.3 is 5.97 Å². The first-order valence-electron chi connectivity index (χ1n) is 28.3. The minimum atomic E-state index is -1.97. The standard InChI is InChI=1S/C60H92N8O11.9CH4/c1-17-38(9)46-57(75)65(14)47(36(5)6)52(70)61-42(32-35(3)4)55(73)67(16)50(60(11,12)78)59(77)79-49(39(10)18-2)58(76)66(15)48(37(7)8)53(71)62-43(33-40-26-21-19-22-27-40)54(72)64(13)45(34-41-28-23-20-24-29-41)56(74)68-31-25-30-44(68)51(69)63-46;;;;;;;;;/h19-24,26-29,35-39,42-50,78H,17-18,25,30-34H2,1-16H3,(H,61,70)(H,62,71)(H,63,69);9*1H4/t38?,39?,42-,43-,44-,45-,46-,47-,48-,49+,50+;;;;;;;;;/m0........./s1. The van der Waals surface area contributed by atoms with Gasteiger partial charge < -0.3 is 50.3 Å². The highest BCUT2D eigenvalue weighted by molar-refractivity contribution is 5.99. The predicted octanol–water partition coefficient (Wildman–Crippen LogP) is 10.1. The van der Waals surface area contributed by atoms with Gasteiger partial charge in [-0.05, 0) is 74.3 Å². The highest BCUT2D eigenvalue weighted by Crippen LogP contribution is 2.27. The van der Waals surface area contributed by atoms with E-state index >= 15 is 9.59 Å². The summed E-state index contributed by atoms with van der Waals surface area (Å²) < 4.78 is 6.09. The fourth-order valence-corrected chi connectivity index (χ4v) is 11.0. The number of rotatable bonds is 13. The molecule has 0 bridgehead atoms. The van der Waals surface area contributed by atoms with Gasteiger partial charge in [0.25, 0.3) is 5.91 Å². The van der Waals surface area contributed by atoms with Gasteiger partial charge in [-0.25, -0.2) is 4.79 Å². The molecule has 2 aliphatic heterocycles. The molecule has 2 unspecified atom stereocenters. The molecule has 0 aliphatic carbocycles. The molecular weight excluding hydrogens is 1120 g/mol. The van der Waals surface area contributed by atoms with Crippen molar-refractivity contribution in [3.8, 4) is 0 Å². The Labute approximate surface area is 535 Å². The lowest BCUT2D eigenvalue weighted by molar-refractivity contribution is -0.177. The third kappa shape index (κ3) is 23.2. The van der Waals surface area contributed by atoms with Crippen molar-refractivity contribution in [3.05, 3.63) is 71.8 Å². The van der Waals surface area contributed by atoms with Gasteiger partial charge in [-0.3, -0.25) is 38.4 Å². The molecule has 4 N–H and O–H groups in total. The largest absolute Gasteiger partial charge is 0.450 e. The lowest BCUT2D eigenvalue weighted by Gasteiger charge is -2.39. The minimum Gasteiger partial charge on any atom is -0.450 e. The second kappa shape index (κ2) is 41.0. The van der Waals surface area contributed by atoms with Crippen LogP contribution in [0.1, 0.15) is 193 Å². The number of amides is 8. The van der Waals surface area contributed by atoms with Gasteiger partial charge in [0, 0.05) is 53.5 Å². The Hall–Kier alpha value is -6.37. The van der Waals surface area contributed by atoms with Crippen molar-refractivity contribution in [2.45, 2.75) is 255 Å². The number of ether oxygens (including phenoxy) is 1. The van der Waals surface area contributed by atoms with Crippen molar-refractivity contribution in [2.75, 3.05) is 34.7 Å². The van der Waals surface area contributed by atoms with Crippen molar-refractivity contribution >= 4 is 53.2 Å². The van der Waals surface area contributed by atoms with Crippen LogP contribution in [0, 0.1) is 29.6 Å². The van der Waals surface area contributed by atoms with Crippen molar-refractivity contribution in [2.24, 2.45) is 29.6 Å². The van der Waals surface area contributed by atoms with Crippen molar-refractivity contribution in [1.29, 1.82) is 0 Å². The quantitative estimate of drug-likeness (QED) is 0.138. The fraction of sp³-hybridized carbons (Fsp3) is 0.696. The molecule has 4 rings (SSSR count). The van der Waals surface area contributed by atoms with Crippen molar-refractivity contribution < 1.29 is 53.0 Å². The Morgan fingerprint density at radius 2 is 0.966 bits per heavy atom. The maximum Gasteiger partial charge on any atom is 0.332 e. The predicted molar refractivity (Wildman–Crippen MR) is 362 cm³/mol. The van der Waals surface area contributed by atoms with E-state index < -0.39 is 137 Å². The minimum absolute atomic E-state index is 0. The molecule has 19 nitrogen and oxygen atoms in total. The Morgan fingerprint density at radius 1 is 0.534 bits per heavy atom. The van der Waals surface area contributed by atoms with E-state index in [2.05, 4.69) is 16.0 Å². The number of carbonyl (C=O) groups is 9. The van der Waals surface area contributed by atoms with E-state index in [1.165, 1.54) is 61.6 Å². The second-order valence-corrected chi connectivity index (χ2v) is 23.7. The van der Waals surface area contributed by atoms with Crippen LogP contribution in [0.2, 0.25) is 0 Å². The summed E-state index contributed by atoms with van der Waals surface area (Å²) in [5.41, 5.74) is -0.551. The number of hydrogen-bond donors (Lipinski definition) is 4. The number of cyclic esters (lactones) is 1. The Bertz CT molecular complexity index is 2430. The average molecular weight is 1250 g/mol. The second-order valence-electron chi connectivity index (χ2n) is 23.7. The van der Waals surface area contributed by atoms with Crippen LogP contribution in [-0.4, -0.2) is 178 Å². The number of esters is 1. The number of nitrogens with zero attached hydrogens (tertiary/aromatic N) is 5. The molecule has 8 amide bonds. The maximum atomic E-state index is 15.3. The van der Waals surface area contributed by atoms with Crippen LogP contribution in [0.4, 0.5) is 0 Å². The monoisotopic (exact) mass is 1240 g/mol. The molecule has 19 heteroatoms. The van der Waals surface area contributed by atoms with Gasteiger partial charge in [0.1, 0.15) is 42.3 Å². The van der Waals surface area contributed by atoms with Gasteiger partial charge in [0.05, 0.1) is 5.60 Å². The number of hydrogen-bond acceptors (Lipinski definition) is 11. The van der Waals surface area contributed by atoms with E-state index in [-0.39, 0.29) is 105 Å². The van der Waals surface area contributed by atoms with Gasteiger partial charge in [-0.15, -0.1) is 0 Å². The number of aliphatic hydroxyl groups is 1. The molecule has 2 aromatic rings. The first kappa shape index (κ1) is 92.8. The smallest absolute Gasteiger partial charge is 0.332 e. The van der Waals surface area contributed by atoms with Gasteiger partial charge in [0.15, 0.2) is 12.1 Å². The molecule has 11 atom stereocenters. The average Bonchev–Trinajstić information content (AvgIpc) is 3.89. The summed E-state index contributed by atoms with van der Waals surface area (Å²) in [5, 5.41) is 20.5. The fourth-order valence-electron chi connectivity index (χ4n) is 11.0. The first-order chi connectivity index (χ1) is 37.0. The number of fused-ring (bicyclic) bond motifs is 1. The molecular formula is C69H128N8O11. The van der Waals surface area contributed by atoms with Crippen molar-refractivity contribution in [1.82, 2.24) is 40.4 Å². The summed E-state index contributed by atoms with van der Waals surface area (Å²) >= 11 is 0. The third-order valence-electron chi connectivity index (χ3n) is 15.8. The van der Waals surface area contributed by atoms with Crippen molar-refractivity contribution in [3.63, 3.8) is 0 Å². The highest BCUT2D eigenvalue weighted by atomic mass is 16.6. The Balaban J connectivity index is -0.00000187. The van der Waals surface area contributed by atoms with E-state index in [0.29, 0.717) is 24.8 Å². The molecule has 88 heavy (non-hydrogen) atoms. The summed E-state index contributed by atoms with van der Waals surface area (Å²) in [6, 6.07) is 8.11. The number of benzene rings is 2. The van der Waals surface area contributed by atoms with Crippen LogP contribution in [0.3, 0.4) is 0 Å². The van der Waals surface area contributed by atoms with Crippen LogP contribution in [0.15, 0.2) is 60.7 Å². The van der Waals surface area contributed by atoms with Crippen LogP contribution >= 0.6 is 0 Å². The molecule has 2 aliphatic rings. The first-order valence-corrected chi connectivity index (χ1v) is 28.3. The SMILES string of the molecule is C.C.C.C.C.C.C.C.C.CCC(C)[C@@H]1NC(=O)[C@@H]2CCCN2C(=O)[C@H](Cc2ccccc2)N(C)C(=O)[C@H](Cc2ccccc2)NC(=O)[C@H](C(C)C)N(C)C(=O)[C@@H](C(C)CC)OC(=O)[C@H](C(C)(C)O)N(C)C(=O)[C@H](CC(C)C)NC(=O)[C@H](C(C)C)N(C)C1=O. The van der Waals surface area contributed by atoms with Gasteiger partial charge in [-0.1, -0.05) is 203 Å². The van der Waals surface area contributed by atoms with Gasteiger partial charge in [0.2, 0.25) is 41.4 Å². The Morgan fingerprint density at radius 3 is 1.40 bits per heavy atom. The lowest BCUT2D eigenvalue weighted by atomic mass is 9.93. The van der Waals surface area contributed by atoms with E-state index in [1.54, 1.807) is 72.7 Å². The molecule has 2 saturated heterocycles. The molecule has 0 spiro atoms. The van der Waals surface area contributed by atoms with Crippen LogP contribution in [0.25, 0.3) is 0 Å². The lowest BCUT2D eigenvalue weighted by Crippen LogP contribution is -2.63. The van der Waals surface area contributed by atoms with E-state index in [4.69, 9.17) is 4.74 Å². The number of carbonyl (C=O) groups excluding carboxylic acids is 9. The number of likely N-dealkylation sites (N-methyl/N-ethyl adjacent to an activating group) is 4. The molecule has 510 valence electrons. The maximum absolute atomic E-state index is 15.3. The third-order valence-corrected chi connectivity index (χ3v) is 15.8. The Kier molecular flexibility index (Phi) is 43.3. The number of nitrogens with one attached hydrogen (secondary N) is 3. The highest BCUT2D eigenvalue weighted by Gasteiger charge is 2.48. The molecule has 2 aromatic carbocycles. The summed E-state index contributed by atoms with van der Waals surface area (Å²) in [6.07, 6.45) is 0.101. The molecule has 0 saturated carbocycles. The normalized spacial score (nSPS) is 23.8. The summed E-state index contributed by atoms with van der Waals surface area (Å²) in [4.78, 5) is 140. The summed E-state index contributed by atoms with van der Waals surface area (Å²) in [5.74, 6) is -8.65. The van der Waals surface area contributed by atoms with E-state index in [1.807, 2.05) is 57.2 Å². The zero-order chi connectivity index (χ0) is 59.4. The topological polar surface area (TPSA) is 235 Å². The zero-order valence-electron chi connectivity index (χ0n) is 49.8. The van der Waals surface area contributed by atoms with Crippen LogP contribution in [-0.2, 0) is 60.7 Å². The van der Waals surface area contributed by atoms with Gasteiger partial charge in [-0.2, -0.15) is 0 Å². The summed E-state index contributed by atoms with van der Waals surface area (Å²) in [7, 11) is 5.67. The molecule has 0 aromatic heterocycles. The van der Waals surface area contributed by atoms with Crippen LogP contribution < -0.4 is 16.0 Å². The van der Waals surface area contributed by atoms with E-state index in [9.17, 15) is 38.7 Å².